The predicted octanol–water partition coefficient (Wildman–Crippen LogP) is 4.33. The zero-order chi connectivity index (χ0) is 20.9. The van der Waals surface area contributed by atoms with E-state index in [2.05, 4.69) is 21.3 Å². The molecule has 0 radical (unpaired) electrons. The molecule has 1 aromatic carbocycles. The monoisotopic (exact) mass is 423 g/mol. The summed E-state index contributed by atoms with van der Waals surface area (Å²) < 4.78 is 19.8. The predicted molar refractivity (Wildman–Crippen MR) is 119 cm³/mol. The molecule has 5 nitrogen and oxygen atoms in total. The molecule has 3 aliphatic rings. The highest BCUT2D eigenvalue weighted by atomic mass is 32.2. The lowest BCUT2D eigenvalue weighted by Gasteiger charge is -2.28. The Morgan fingerprint density at radius 2 is 2.00 bits per heavy atom. The molecule has 0 atom stereocenters. The molecular formula is C23H22FN3O2S. The van der Waals surface area contributed by atoms with E-state index in [1.54, 1.807) is 6.07 Å². The molecule has 0 aliphatic carbocycles. The second-order valence-electron chi connectivity index (χ2n) is 8.06. The van der Waals surface area contributed by atoms with Crippen LogP contribution in [0.25, 0.3) is 11.1 Å². The molecule has 0 unspecified atom stereocenters. The topological polar surface area (TPSA) is 54.5 Å². The Kier molecular flexibility index (Phi) is 4.58. The zero-order valence-corrected chi connectivity index (χ0v) is 17.7. The van der Waals surface area contributed by atoms with Gasteiger partial charge in [-0.15, -0.1) is 0 Å². The first kappa shape index (κ1) is 19.2. The first-order chi connectivity index (χ1) is 14.4. The summed E-state index contributed by atoms with van der Waals surface area (Å²) in [7, 11) is 0. The summed E-state index contributed by atoms with van der Waals surface area (Å²) >= 11 is 1.96. The number of thioether (sulfide) groups is 1. The fraction of sp³-hybridized carbons (Fsp3) is 0.304. The van der Waals surface area contributed by atoms with Gasteiger partial charge in [0.25, 0.3) is 5.91 Å². The fourth-order valence-corrected chi connectivity index (χ4v) is 5.06. The number of nitrogens with zero attached hydrogens (tertiary/aromatic N) is 2. The quantitative estimate of drug-likeness (QED) is 0.729. The molecule has 0 bridgehead atoms. The second kappa shape index (κ2) is 7.16. The van der Waals surface area contributed by atoms with Crippen LogP contribution in [0.4, 0.5) is 15.9 Å². The van der Waals surface area contributed by atoms with Crippen LogP contribution in [0.1, 0.15) is 25.0 Å². The van der Waals surface area contributed by atoms with Gasteiger partial charge in [0.2, 0.25) is 0 Å². The van der Waals surface area contributed by atoms with E-state index in [0.717, 1.165) is 41.5 Å². The van der Waals surface area contributed by atoms with Crippen molar-refractivity contribution in [1.82, 2.24) is 4.98 Å². The highest BCUT2D eigenvalue weighted by Gasteiger charge is 2.38. The van der Waals surface area contributed by atoms with Crippen molar-refractivity contribution < 1.29 is 13.9 Å². The van der Waals surface area contributed by atoms with Gasteiger partial charge >= 0.3 is 0 Å². The van der Waals surface area contributed by atoms with Crippen LogP contribution in [0.5, 0.6) is 0 Å². The Morgan fingerprint density at radius 1 is 1.20 bits per heavy atom. The lowest BCUT2D eigenvalue weighted by molar-refractivity contribution is -0.111. The standard InChI is InChI=1S/C23H22FN3O2S/c1-23(2)17(14-5-6-25-20(11-14)27-7-9-30-10-8-27)13-19(29-23)21-16-4-3-15(24)12-18(16)26-22(21)28/h3-6,11-13H,7-10H2,1-2H3,(H,26,28). The number of rotatable bonds is 2. The highest BCUT2D eigenvalue weighted by molar-refractivity contribution is 7.99. The molecule has 7 heteroatoms. The van der Waals surface area contributed by atoms with Gasteiger partial charge in [0.1, 0.15) is 23.0 Å². The van der Waals surface area contributed by atoms with Crippen LogP contribution in [0.2, 0.25) is 0 Å². The van der Waals surface area contributed by atoms with Gasteiger partial charge in [0.15, 0.2) is 0 Å². The SMILES string of the molecule is CC1(C)OC(=C2C(=O)Nc3cc(F)ccc32)C=C1c1ccnc(N2CCSCC2)c1. The number of halogens is 1. The normalized spacial score (nSPS) is 22.4. The van der Waals surface area contributed by atoms with Gasteiger partial charge in [-0.1, -0.05) is 0 Å². The summed E-state index contributed by atoms with van der Waals surface area (Å²) in [5.74, 6) is 3.02. The van der Waals surface area contributed by atoms with Gasteiger partial charge in [-0.25, -0.2) is 9.37 Å². The van der Waals surface area contributed by atoms with Crippen LogP contribution >= 0.6 is 11.8 Å². The molecule has 1 fully saturated rings. The largest absolute Gasteiger partial charge is 0.482 e. The summed E-state index contributed by atoms with van der Waals surface area (Å²) in [6.45, 7) is 5.96. The number of nitrogens with one attached hydrogen (secondary N) is 1. The van der Waals surface area contributed by atoms with Crippen molar-refractivity contribution in [2.45, 2.75) is 19.4 Å². The van der Waals surface area contributed by atoms with Gasteiger partial charge < -0.3 is 15.0 Å². The third-order valence-corrected chi connectivity index (χ3v) is 6.60. The molecule has 30 heavy (non-hydrogen) atoms. The van der Waals surface area contributed by atoms with Gasteiger partial charge in [-0.2, -0.15) is 11.8 Å². The number of carbonyl (C=O) groups excluding carboxylic acids is 1. The Balaban J connectivity index is 1.56. The van der Waals surface area contributed by atoms with E-state index in [9.17, 15) is 9.18 Å². The van der Waals surface area contributed by atoms with Gasteiger partial charge in [0, 0.05) is 41.9 Å². The van der Waals surface area contributed by atoms with E-state index < -0.39 is 5.60 Å². The molecule has 3 aliphatic heterocycles. The Morgan fingerprint density at radius 3 is 2.80 bits per heavy atom. The average Bonchev–Trinajstić information content (AvgIpc) is 3.22. The van der Waals surface area contributed by atoms with E-state index in [1.165, 1.54) is 12.1 Å². The number of ether oxygens (including phenoxy) is 1. The Hall–Kier alpha value is -2.80. The number of hydrogen-bond acceptors (Lipinski definition) is 5. The van der Waals surface area contributed by atoms with Gasteiger partial charge in [0.05, 0.1) is 11.3 Å². The van der Waals surface area contributed by atoms with Crippen LogP contribution in [0.3, 0.4) is 0 Å². The Labute approximate surface area is 179 Å². The fourth-order valence-electron chi connectivity index (χ4n) is 4.16. The first-order valence-electron chi connectivity index (χ1n) is 9.98. The maximum Gasteiger partial charge on any atom is 0.260 e. The number of fused-ring (bicyclic) bond motifs is 1. The molecule has 1 amide bonds. The molecule has 4 heterocycles. The minimum absolute atomic E-state index is 0.278. The van der Waals surface area contributed by atoms with E-state index >= 15 is 0 Å². The van der Waals surface area contributed by atoms with Crippen LogP contribution in [0, 0.1) is 5.82 Å². The van der Waals surface area contributed by atoms with Gasteiger partial charge in [-0.05, 0) is 55.8 Å². The molecule has 154 valence electrons. The smallest absolute Gasteiger partial charge is 0.260 e. The van der Waals surface area contributed by atoms with E-state index in [0.29, 0.717) is 22.6 Å². The summed E-state index contributed by atoms with van der Waals surface area (Å²) in [6.07, 6.45) is 3.76. The molecule has 1 saturated heterocycles. The number of pyridine rings is 1. The second-order valence-corrected chi connectivity index (χ2v) is 9.28. The van der Waals surface area contributed by atoms with Gasteiger partial charge in [-0.3, -0.25) is 4.79 Å². The molecule has 1 N–H and O–H groups in total. The summed E-state index contributed by atoms with van der Waals surface area (Å²) in [6, 6.07) is 8.38. The third-order valence-electron chi connectivity index (χ3n) is 5.65. The molecular weight excluding hydrogens is 401 g/mol. The first-order valence-corrected chi connectivity index (χ1v) is 11.1. The van der Waals surface area contributed by atoms with Crippen molar-refractivity contribution >= 4 is 40.3 Å². The molecule has 0 spiro atoms. The minimum Gasteiger partial charge on any atom is -0.482 e. The van der Waals surface area contributed by atoms with Crippen molar-refractivity contribution in [2.24, 2.45) is 0 Å². The summed E-state index contributed by atoms with van der Waals surface area (Å²) in [4.78, 5) is 19.5. The van der Waals surface area contributed by atoms with E-state index in [-0.39, 0.29) is 11.7 Å². The maximum absolute atomic E-state index is 13.6. The van der Waals surface area contributed by atoms with Crippen molar-refractivity contribution in [3.63, 3.8) is 0 Å². The number of carbonyl (C=O) groups is 1. The van der Waals surface area contributed by atoms with Crippen LogP contribution in [-0.2, 0) is 9.53 Å². The number of amides is 1. The van der Waals surface area contributed by atoms with Crippen molar-refractivity contribution in [2.75, 3.05) is 34.8 Å². The van der Waals surface area contributed by atoms with Crippen molar-refractivity contribution in [3.05, 3.63) is 65.3 Å². The van der Waals surface area contributed by atoms with Crippen LogP contribution < -0.4 is 10.2 Å². The number of benzene rings is 1. The number of aromatic nitrogens is 1. The summed E-state index contributed by atoms with van der Waals surface area (Å²) in [5.41, 5.74) is 2.98. The molecule has 0 saturated carbocycles. The van der Waals surface area contributed by atoms with Crippen LogP contribution in [-0.4, -0.2) is 41.1 Å². The Bertz CT molecular complexity index is 1100. The van der Waals surface area contributed by atoms with Crippen molar-refractivity contribution in [1.29, 1.82) is 0 Å². The summed E-state index contributed by atoms with van der Waals surface area (Å²) in [5, 5.41) is 2.73. The average molecular weight is 424 g/mol. The van der Waals surface area contributed by atoms with Crippen molar-refractivity contribution in [3.8, 4) is 0 Å². The molecule has 5 rings (SSSR count). The number of anilines is 2. The highest BCUT2D eigenvalue weighted by Crippen LogP contribution is 2.44. The minimum atomic E-state index is -0.609. The van der Waals surface area contributed by atoms with E-state index in [1.807, 2.05) is 43.9 Å². The molecule has 1 aromatic heterocycles. The third kappa shape index (κ3) is 3.27. The molecule has 2 aromatic rings. The zero-order valence-electron chi connectivity index (χ0n) is 16.9. The maximum atomic E-state index is 13.6. The van der Waals surface area contributed by atoms with Crippen LogP contribution in [0.15, 0.2) is 48.4 Å². The number of hydrogen-bond donors (Lipinski definition) is 1. The lowest BCUT2D eigenvalue weighted by Crippen LogP contribution is -2.33. The van der Waals surface area contributed by atoms with E-state index in [4.69, 9.17) is 4.74 Å². The lowest BCUT2D eigenvalue weighted by atomic mass is 9.92. The number of allylic oxidation sites excluding steroid dienone is 1.